The number of nitrogens with zero attached hydrogens (tertiary/aromatic N) is 4. The van der Waals surface area contributed by atoms with Crippen LogP contribution in [0.4, 0.5) is 5.69 Å². The number of carbonyl (C=O) groups excluding carboxylic acids is 1. The van der Waals surface area contributed by atoms with E-state index in [2.05, 4.69) is 4.98 Å². The zero-order valence-electron chi connectivity index (χ0n) is 15.0. The first-order chi connectivity index (χ1) is 13.6. The van der Waals surface area contributed by atoms with Gasteiger partial charge in [0.05, 0.1) is 17.1 Å². The molecule has 28 heavy (non-hydrogen) atoms. The van der Waals surface area contributed by atoms with Crippen molar-refractivity contribution < 1.29 is 9.53 Å². The number of carbonyl (C=O) groups is 1. The Kier molecular flexibility index (Phi) is 3.80. The van der Waals surface area contributed by atoms with Crippen LogP contribution in [-0.2, 0) is 4.79 Å². The highest BCUT2D eigenvalue weighted by molar-refractivity contribution is 6.30. The minimum atomic E-state index is -0.0753. The lowest BCUT2D eigenvalue weighted by atomic mass is 10.1. The fourth-order valence-corrected chi connectivity index (χ4v) is 3.43. The quantitative estimate of drug-likeness (QED) is 0.517. The standard InChI is InChI=1S/C21H15ClN4O2/c1-25-18-10-14(4-7-19(18)28-12-21(25)27)17-8-9-23-20-11-16(24-26(17)20)13-2-5-15(22)6-3-13/h2-11H,12H2,1H3. The molecule has 0 bridgehead atoms. The summed E-state index contributed by atoms with van der Waals surface area (Å²) in [5.74, 6) is 0.618. The van der Waals surface area contributed by atoms with Gasteiger partial charge in [-0.25, -0.2) is 9.50 Å². The largest absolute Gasteiger partial charge is 0.482 e. The third-order valence-corrected chi connectivity index (χ3v) is 5.09. The first kappa shape index (κ1) is 16.8. The lowest BCUT2D eigenvalue weighted by Crippen LogP contribution is -2.35. The Morgan fingerprint density at radius 2 is 1.82 bits per heavy atom. The summed E-state index contributed by atoms with van der Waals surface area (Å²) in [6, 6.07) is 17.1. The van der Waals surface area contributed by atoms with Crippen molar-refractivity contribution in [1.29, 1.82) is 0 Å². The molecule has 1 amide bonds. The highest BCUT2D eigenvalue weighted by Gasteiger charge is 2.23. The molecule has 7 heteroatoms. The molecule has 0 spiro atoms. The van der Waals surface area contributed by atoms with Gasteiger partial charge in [0, 0.05) is 35.5 Å². The Balaban J connectivity index is 1.64. The molecule has 1 aliphatic rings. The lowest BCUT2D eigenvalue weighted by molar-refractivity contribution is -0.120. The molecule has 0 fully saturated rings. The van der Waals surface area contributed by atoms with E-state index in [-0.39, 0.29) is 12.5 Å². The van der Waals surface area contributed by atoms with E-state index in [1.165, 1.54) is 0 Å². The van der Waals surface area contributed by atoms with Gasteiger partial charge in [-0.3, -0.25) is 4.79 Å². The van der Waals surface area contributed by atoms with Gasteiger partial charge in [0.15, 0.2) is 12.3 Å². The Morgan fingerprint density at radius 3 is 2.64 bits per heavy atom. The molecule has 0 saturated carbocycles. The molecule has 2 aromatic carbocycles. The van der Waals surface area contributed by atoms with Gasteiger partial charge >= 0.3 is 0 Å². The average molecular weight is 391 g/mol. The van der Waals surface area contributed by atoms with Gasteiger partial charge in [-0.2, -0.15) is 5.10 Å². The van der Waals surface area contributed by atoms with Crippen molar-refractivity contribution in [2.75, 3.05) is 18.6 Å². The van der Waals surface area contributed by atoms with E-state index in [0.29, 0.717) is 10.8 Å². The van der Waals surface area contributed by atoms with E-state index in [1.807, 2.05) is 54.6 Å². The molecule has 6 nitrogen and oxygen atoms in total. The van der Waals surface area contributed by atoms with E-state index < -0.39 is 0 Å². The maximum Gasteiger partial charge on any atom is 0.264 e. The van der Waals surface area contributed by atoms with E-state index in [9.17, 15) is 4.79 Å². The van der Waals surface area contributed by atoms with Crippen molar-refractivity contribution in [3.8, 4) is 28.3 Å². The number of aromatic nitrogens is 3. The van der Waals surface area contributed by atoms with Crippen molar-refractivity contribution in [1.82, 2.24) is 14.6 Å². The predicted molar refractivity (Wildman–Crippen MR) is 108 cm³/mol. The highest BCUT2D eigenvalue weighted by atomic mass is 35.5. The van der Waals surface area contributed by atoms with E-state index in [0.717, 1.165) is 33.8 Å². The number of hydrogen-bond acceptors (Lipinski definition) is 4. The van der Waals surface area contributed by atoms with Gasteiger partial charge < -0.3 is 9.64 Å². The minimum Gasteiger partial charge on any atom is -0.482 e. The van der Waals surface area contributed by atoms with Crippen LogP contribution in [0.15, 0.2) is 60.8 Å². The number of halogens is 1. The minimum absolute atomic E-state index is 0.0615. The highest BCUT2D eigenvalue weighted by Crippen LogP contribution is 2.35. The average Bonchev–Trinajstić information content (AvgIpc) is 3.15. The second kappa shape index (κ2) is 6.35. The maximum atomic E-state index is 12.0. The van der Waals surface area contributed by atoms with Crippen LogP contribution in [0.2, 0.25) is 5.02 Å². The van der Waals surface area contributed by atoms with Crippen LogP contribution in [0, 0.1) is 0 Å². The van der Waals surface area contributed by atoms with Crippen molar-refractivity contribution in [2.45, 2.75) is 0 Å². The number of benzene rings is 2. The van der Waals surface area contributed by atoms with E-state index in [1.54, 1.807) is 22.7 Å². The Labute approximate surface area is 165 Å². The van der Waals surface area contributed by atoms with Crippen LogP contribution in [0.1, 0.15) is 0 Å². The zero-order chi connectivity index (χ0) is 19.3. The molecule has 1 aliphatic heterocycles. The fraction of sp³-hybridized carbons (Fsp3) is 0.0952. The molecule has 0 radical (unpaired) electrons. The molecule has 0 N–H and O–H groups in total. The van der Waals surface area contributed by atoms with Crippen molar-refractivity contribution in [2.24, 2.45) is 0 Å². The maximum absolute atomic E-state index is 12.0. The molecule has 4 aromatic rings. The summed E-state index contributed by atoms with van der Waals surface area (Å²) in [5.41, 5.74) is 5.04. The summed E-state index contributed by atoms with van der Waals surface area (Å²) in [6.45, 7) is 0.0615. The molecular formula is C21H15ClN4O2. The molecule has 0 saturated heterocycles. The molecule has 138 valence electrons. The summed E-state index contributed by atoms with van der Waals surface area (Å²) in [6.07, 6.45) is 1.75. The van der Waals surface area contributed by atoms with Crippen LogP contribution in [0.3, 0.4) is 0 Å². The number of ether oxygens (including phenoxy) is 1. The van der Waals surface area contributed by atoms with E-state index >= 15 is 0 Å². The molecule has 0 unspecified atom stereocenters. The number of amides is 1. The molecule has 0 atom stereocenters. The van der Waals surface area contributed by atoms with Gasteiger partial charge in [-0.05, 0) is 36.4 Å². The number of hydrogen-bond donors (Lipinski definition) is 0. The number of anilines is 1. The topological polar surface area (TPSA) is 59.7 Å². The summed E-state index contributed by atoms with van der Waals surface area (Å²) in [4.78, 5) is 18.0. The van der Waals surface area contributed by atoms with Gasteiger partial charge in [-0.15, -0.1) is 0 Å². The van der Waals surface area contributed by atoms with Crippen LogP contribution in [0.5, 0.6) is 5.75 Å². The summed E-state index contributed by atoms with van der Waals surface area (Å²) in [7, 11) is 1.75. The van der Waals surface area contributed by atoms with Gasteiger partial charge in [0.2, 0.25) is 0 Å². The number of rotatable bonds is 2. The first-order valence-corrected chi connectivity index (χ1v) is 9.12. The van der Waals surface area contributed by atoms with Gasteiger partial charge in [0.25, 0.3) is 5.91 Å². The van der Waals surface area contributed by atoms with Crippen LogP contribution < -0.4 is 9.64 Å². The molecule has 5 rings (SSSR count). The Morgan fingerprint density at radius 1 is 1.04 bits per heavy atom. The fourth-order valence-electron chi connectivity index (χ4n) is 3.31. The molecule has 2 aromatic heterocycles. The van der Waals surface area contributed by atoms with Gasteiger partial charge in [-0.1, -0.05) is 23.7 Å². The van der Waals surface area contributed by atoms with Crippen LogP contribution >= 0.6 is 11.6 Å². The van der Waals surface area contributed by atoms with E-state index in [4.69, 9.17) is 21.4 Å². The summed E-state index contributed by atoms with van der Waals surface area (Å²) >= 11 is 5.99. The molecule has 0 aliphatic carbocycles. The lowest BCUT2D eigenvalue weighted by Gasteiger charge is -2.26. The van der Waals surface area contributed by atoms with Crippen LogP contribution in [0.25, 0.3) is 28.2 Å². The Hall–Kier alpha value is -3.38. The first-order valence-electron chi connectivity index (χ1n) is 8.75. The normalized spacial score (nSPS) is 13.5. The third kappa shape index (κ3) is 2.70. The van der Waals surface area contributed by atoms with Crippen molar-refractivity contribution in [3.63, 3.8) is 0 Å². The molecule has 3 heterocycles. The number of likely N-dealkylation sites (N-methyl/N-ethyl adjacent to an activating group) is 1. The van der Waals surface area contributed by atoms with Gasteiger partial charge in [0.1, 0.15) is 5.75 Å². The second-order valence-electron chi connectivity index (χ2n) is 6.56. The SMILES string of the molecule is CN1C(=O)COc2ccc(-c3ccnc4cc(-c5ccc(Cl)cc5)nn34)cc21. The monoisotopic (exact) mass is 390 g/mol. The number of fused-ring (bicyclic) bond motifs is 2. The Bertz CT molecular complexity index is 1220. The third-order valence-electron chi connectivity index (χ3n) is 4.84. The second-order valence-corrected chi connectivity index (χ2v) is 7.00. The molecular weight excluding hydrogens is 376 g/mol. The summed E-state index contributed by atoms with van der Waals surface area (Å²) in [5, 5.41) is 5.42. The zero-order valence-corrected chi connectivity index (χ0v) is 15.7. The smallest absolute Gasteiger partial charge is 0.264 e. The predicted octanol–water partition coefficient (Wildman–Crippen LogP) is 4.07. The van der Waals surface area contributed by atoms with Crippen LogP contribution in [-0.4, -0.2) is 34.2 Å². The van der Waals surface area contributed by atoms with Crippen molar-refractivity contribution in [3.05, 3.63) is 65.8 Å². The summed E-state index contributed by atoms with van der Waals surface area (Å²) < 4.78 is 7.32. The van der Waals surface area contributed by atoms with Crippen molar-refractivity contribution >= 4 is 28.8 Å².